The Morgan fingerprint density at radius 1 is 0.875 bits per heavy atom. The van der Waals surface area contributed by atoms with Crippen molar-refractivity contribution < 1.29 is 22.4 Å². The smallest absolute Gasteiger partial charge is 0.298 e. The van der Waals surface area contributed by atoms with Gasteiger partial charge in [0.05, 0.1) is 14.2 Å². The van der Waals surface area contributed by atoms with Crippen LogP contribution in [0.15, 0.2) is 59.5 Å². The first kappa shape index (κ1) is 16.3. The summed E-state index contributed by atoms with van der Waals surface area (Å²) in [5, 5.41) is 1.99. The van der Waals surface area contributed by atoms with Gasteiger partial charge in [-0.05, 0) is 28.5 Å². The second-order valence-electron chi connectivity index (χ2n) is 5.24. The molecule has 6 heteroatoms. The van der Waals surface area contributed by atoms with E-state index in [2.05, 4.69) is 0 Å². The summed E-state index contributed by atoms with van der Waals surface area (Å²) in [5.41, 5.74) is 0.956. The van der Waals surface area contributed by atoms with Crippen LogP contribution in [-0.4, -0.2) is 27.2 Å². The predicted molar refractivity (Wildman–Crippen MR) is 92.3 cm³/mol. The summed E-state index contributed by atoms with van der Waals surface area (Å²) in [5.74, 6) is 0.461. The van der Waals surface area contributed by atoms with Crippen molar-refractivity contribution in [3.05, 3.63) is 54.6 Å². The van der Waals surface area contributed by atoms with E-state index in [1.54, 1.807) is 12.1 Å². The number of rotatable bonds is 4. The molecule has 5 nitrogen and oxygen atoms in total. The van der Waals surface area contributed by atoms with Gasteiger partial charge in [-0.15, -0.1) is 0 Å². The van der Waals surface area contributed by atoms with E-state index in [1.807, 2.05) is 36.4 Å². The van der Waals surface area contributed by atoms with Gasteiger partial charge in [-0.25, -0.2) is 0 Å². The van der Waals surface area contributed by atoms with Gasteiger partial charge in [0.15, 0.2) is 0 Å². The molecule has 0 amide bonds. The van der Waals surface area contributed by atoms with Crippen LogP contribution in [0.4, 0.5) is 0 Å². The van der Waals surface area contributed by atoms with Crippen LogP contribution in [0, 0.1) is 0 Å². The van der Waals surface area contributed by atoms with E-state index >= 15 is 0 Å². The lowest BCUT2D eigenvalue weighted by atomic mass is 10.0. The summed E-state index contributed by atoms with van der Waals surface area (Å²) in [6.45, 7) is 0. The van der Waals surface area contributed by atoms with Crippen LogP contribution < -0.4 is 9.47 Å². The normalized spacial score (nSPS) is 11.5. The monoisotopic (exact) mass is 344 g/mol. The van der Waals surface area contributed by atoms with Crippen molar-refractivity contribution in [3.8, 4) is 22.6 Å². The van der Waals surface area contributed by atoms with Gasteiger partial charge in [0.25, 0.3) is 10.1 Å². The van der Waals surface area contributed by atoms with Gasteiger partial charge in [-0.1, -0.05) is 36.4 Å². The summed E-state index contributed by atoms with van der Waals surface area (Å²) in [6, 6.07) is 16.3. The van der Waals surface area contributed by atoms with Gasteiger partial charge in [0.2, 0.25) is 0 Å². The van der Waals surface area contributed by atoms with Gasteiger partial charge in [0, 0.05) is 11.6 Å². The molecular formula is C18H16O5S. The molecule has 0 aromatic heterocycles. The fourth-order valence-electron chi connectivity index (χ4n) is 2.68. The zero-order valence-corrected chi connectivity index (χ0v) is 14.0. The van der Waals surface area contributed by atoms with E-state index in [9.17, 15) is 13.0 Å². The number of hydrogen-bond acceptors (Lipinski definition) is 4. The molecule has 0 aliphatic rings. The average molecular weight is 344 g/mol. The Kier molecular flexibility index (Phi) is 4.17. The topological polar surface area (TPSA) is 72.8 Å². The van der Waals surface area contributed by atoms with E-state index in [0.29, 0.717) is 16.9 Å². The summed E-state index contributed by atoms with van der Waals surface area (Å²) in [6.07, 6.45) is 0. The molecular weight excluding hydrogens is 328 g/mol. The second-order valence-corrected chi connectivity index (χ2v) is 6.60. The lowest BCUT2D eigenvalue weighted by Gasteiger charge is -2.14. The molecule has 3 rings (SSSR count). The van der Waals surface area contributed by atoms with Crippen molar-refractivity contribution in [2.75, 3.05) is 14.2 Å². The second kappa shape index (κ2) is 6.14. The minimum absolute atomic E-state index is 0.0278. The maximum absolute atomic E-state index is 11.9. The Hall–Kier alpha value is -2.57. The van der Waals surface area contributed by atoms with Gasteiger partial charge in [-0.3, -0.25) is 4.55 Å². The average Bonchev–Trinajstić information content (AvgIpc) is 2.59. The summed E-state index contributed by atoms with van der Waals surface area (Å²) in [4.78, 5) is -0.277. The molecule has 0 spiro atoms. The van der Waals surface area contributed by atoms with E-state index in [4.69, 9.17) is 9.47 Å². The molecule has 124 valence electrons. The number of fused-ring (bicyclic) bond motifs is 1. The summed E-state index contributed by atoms with van der Waals surface area (Å²) >= 11 is 0. The third-order valence-corrected chi connectivity index (χ3v) is 4.74. The Labute approximate surface area is 140 Å². The molecule has 1 N–H and O–H groups in total. The van der Waals surface area contributed by atoms with Crippen molar-refractivity contribution in [2.24, 2.45) is 0 Å². The van der Waals surface area contributed by atoms with Gasteiger partial charge in [-0.2, -0.15) is 8.42 Å². The molecule has 0 heterocycles. The van der Waals surface area contributed by atoms with Crippen LogP contribution >= 0.6 is 0 Å². The van der Waals surface area contributed by atoms with Crippen molar-refractivity contribution in [2.45, 2.75) is 4.90 Å². The number of hydrogen-bond donors (Lipinski definition) is 1. The Bertz CT molecular complexity index is 1010. The standard InChI is InChI=1S/C18H16O5S/c1-22-15-10-16(18(24(19,20)21)17(11-15)23-2)14-8-7-12-5-3-4-6-13(12)9-14/h3-11H,1-2H3,(H,19,20,21). The van der Waals surface area contributed by atoms with Crippen molar-refractivity contribution in [1.82, 2.24) is 0 Å². The third-order valence-electron chi connectivity index (χ3n) is 3.80. The number of methoxy groups -OCH3 is 2. The zero-order chi connectivity index (χ0) is 17.3. The van der Waals surface area contributed by atoms with Crippen LogP contribution in [-0.2, 0) is 10.1 Å². The molecule has 0 atom stereocenters. The van der Waals surface area contributed by atoms with E-state index in [0.717, 1.165) is 10.8 Å². The molecule has 0 saturated carbocycles. The van der Waals surface area contributed by atoms with Gasteiger partial charge >= 0.3 is 0 Å². The minimum Gasteiger partial charge on any atom is -0.497 e. The molecule has 0 saturated heterocycles. The Balaban J connectivity index is 2.35. The summed E-state index contributed by atoms with van der Waals surface area (Å²) < 4.78 is 43.8. The first-order chi connectivity index (χ1) is 11.4. The molecule has 0 radical (unpaired) electrons. The third kappa shape index (κ3) is 2.93. The lowest BCUT2D eigenvalue weighted by Crippen LogP contribution is -2.05. The molecule has 0 aliphatic carbocycles. The first-order valence-electron chi connectivity index (χ1n) is 7.16. The Morgan fingerprint density at radius 3 is 2.21 bits per heavy atom. The highest BCUT2D eigenvalue weighted by Crippen LogP contribution is 2.39. The van der Waals surface area contributed by atoms with Gasteiger partial charge < -0.3 is 9.47 Å². The molecule has 0 fully saturated rings. The SMILES string of the molecule is COc1cc(OC)c(S(=O)(=O)O)c(-c2ccc3ccccc3c2)c1. The Morgan fingerprint density at radius 2 is 1.58 bits per heavy atom. The fourth-order valence-corrected chi connectivity index (χ4v) is 3.53. The highest BCUT2D eigenvalue weighted by molar-refractivity contribution is 7.86. The molecule has 3 aromatic rings. The number of ether oxygens (including phenoxy) is 2. The fraction of sp³-hybridized carbons (Fsp3) is 0.111. The van der Waals surface area contributed by atoms with Crippen molar-refractivity contribution in [3.63, 3.8) is 0 Å². The molecule has 0 aliphatic heterocycles. The zero-order valence-electron chi connectivity index (χ0n) is 13.2. The summed E-state index contributed by atoms with van der Waals surface area (Å²) in [7, 11) is -1.66. The molecule has 0 bridgehead atoms. The first-order valence-corrected chi connectivity index (χ1v) is 8.60. The molecule has 0 unspecified atom stereocenters. The largest absolute Gasteiger partial charge is 0.497 e. The van der Waals surface area contributed by atoms with Gasteiger partial charge in [0.1, 0.15) is 16.4 Å². The van der Waals surface area contributed by atoms with Crippen LogP contribution in [0.5, 0.6) is 11.5 Å². The lowest BCUT2D eigenvalue weighted by molar-refractivity contribution is 0.383. The maximum atomic E-state index is 11.9. The van der Waals surface area contributed by atoms with Crippen LogP contribution in [0.2, 0.25) is 0 Å². The quantitative estimate of drug-likeness (QED) is 0.729. The van der Waals surface area contributed by atoms with Crippen LogP contribution in [0.3, 0.4) is 0 Å². The maximum Gasteiger partial charge on any atom is 0.298 e. The molecule has 3 aromatic carbocycles. The van der Waals surface area contributed by atoms with Crippen LogP contribution in [0.25, 0.3) is 21.9 Å². The van der Waals surface area contributed by atoms with Crippen molar-refractivity contribution in [1.29, 1.82) is 0 Å². The number of benzene rings is 3. The minimum atomic E-state index is -4.48. The predicted octanol–water partition coefficient (Wildman–Crippen LogP) is 3.77. The van der Waals surface area contributed by atoms with Crippen molar-refractivity contribution >= 4 is 20.9 Å². The van der Waals surface area contributed by atoms with E-state index in [1.165, 1.54) is 20.3 Å². The van der Waals surface area contributed by atoms with E-state index < -0.39 is 10.1 Å². The molecule has 24 heavy (non-hydrogen) atoms. The highest BCUT2D eigenvalue weighted by Gasteiger charge is 2.24. The highest BCUT2D eigenvalue weighted by atomic mass is 32.2. The van der Waals surface area contributed by atoms with Crippen LogP contribution in [0.1, 0.15) is 0 Å². The van der Waals surface area contributed by atoms with E-state index in [-0.39, 0.29) is 10.6 Å².